The van der Waals surface area contributed by atoms with Crippen molar-refractivity contribution in [3.05, 3.63) is 41.5 Å². The van der Waals surface area contributed by atoms with Gasteiger partial charge in [-0.3, -0.25) is 4.79 Å². The number of fused-ring (bicyclic) bond motifs is 1. The number of benzene rings is 1. The molecule has 1 aromatic heterocycles. The summed E-state index contributed by atoms with van der Waals surface area (Å²) in [6.07, 6.45) is 3.22. The van der Waals surface area contributed by atoms with Crippen molar-refractivity contribution in [2.75, 3.05) is 13.1 Å². The maximum absolute atomic E-state index is 12.4. The van der Waals surface area contributed by atoms with E-state index in [0.717, 1.165) is 5.69 Å². The van der Waals surface area contributed by atoms with Crippen molar-refractivity contribution in [2.24, 2.45) is 5.73 Å². The monoisotopic (exact) mass is 432 g/mol. The summed E-state index contributed by atoms with van der Waals surface area (Å²) >= 11 is 0. The SMILES string of the molecule is C.N[C@@H](Cc1cnc[nH]1)C(=O)N1CC(Oc2ccc3c(c2C(=O)[O-])O[B-](O)(O)CC3)C1. The molecule has 11 nitrogen and oxygen atoms in total. The van der Waals surface area contributed by atoms with E-state index in [0.29, 0.717) is 12.0 Å². The van der Waals surface area contributed by atoms with Crippen LogP contribution in [0.15, 0.2) is 24.7 Å². The molecule has 2 aliphatic rings. The average Bonchev–Trinajstić information content (AvgIpc) is 3.15. The molecule has 1 atom stereocenters. The number of aromatic amines is 1. The van der Waals surface area contributed by atoms with E-state index in [-0.39, 0.29) is 56.2 Å². The van der Waals surface area contributed by atoms with Crippen LogP contribution in [-0.2, 0) is 17.6 Å². The summed E-state index contributed by atoms with van der Waals surface area (Å²) in [6, 6.07) is 2.37. The molecule has 12 heteroatoms. The second-order valence-corrected chi connectivity index (χ2v) is 7.60. The Bertz CT molecular complexity index is 960. The molecule has 3 heterocycles. The minimum Gasteiger partial charge on any atom is -0.669 e. The zero-order chi connectivity index (χ0) is 21.5. The van der Waals surface area contributed by atoms with Crippen LogP contribution in [0.25, 0.3) is 0 Å². The van der Waals surface area contributed by atoms with E-state index in [1.54, 1.807) is 12.3 Å². The van der Waals surface area contributed by atoms with Gasteiger partial charge in [-0.1, -0.05) is 19.8 Å². The second kappa shape index (κ2) is 8.57. The summed E-state index contributed by atoms with van der Waals surface area (Å²) in [4.78, 5) is 32.4. The molecule has 0 unspecified atom stereocenters. The van der Waals surface area contributed by atoms with Crippen LogP contribution < -0.4 is 20.2 Å². The molecule has 0 bridgehead atoms. The van der Waals surface area contributed by atoms with Gasteiger partial charge in [-0.2, -0.15) is 0 Å². The first-order chi connectivity index (χ1) is 14.2. The number of carboxylic acids is 1. The van der Waals surface area contributed by atoms with Crippen LogP contribution in [0.5, 0.6) is 11.5 Å². The lowest BCUT2D eigenvalue weighted by atomic mass is 9.70. The minimum atomic E-state index is -3.13. The number of imidazole rings is 1. The maximum atomic E-state index is 12.4. The van der Waals surface area contributed by atoms with Crippen LogP contribution in [-0.4, -0.2) is 68.8 Å². The fourth-order valence-electron chi connectivity index (χ4n) is 3.65. The highest BCUT2D eigenvalue weighted by Gasteiger charge is 2.36. The molecule has 2 aliphatic heterocycles. The minimum absolute atomic E-state index is 0. The Balaban J connectivity index is 0.00000272. The molecular weight excluding hydrogens is 407 g/mol. The van der Waals surface area contributed by atoms with Crippen LogP contribution in [0.4, 0.5) is 0 Å². The summed E-state index contributed by atoms with van der Waals surface area (Å²) in [6.45, 7) is -2.65. The topological polar surface area (TPSA) is 174 Å². The highest BCUT2D eigenvalue weighted by atomic mass is 16.6. The largest absolute Gasteiger partial charge is 0.669 e. The maximum Gasteiger partial charge on any atom is 0.430 e. The number of aryl methyl sites for hydroxylation is 1. The highest BCUT2D eigenvalue weighted by Crippen LogP contribution is 2.38. The standard InChI is InChI=1S/C18H22BN4O7.CH4/c20-13(5-11-6-21-9-22-11)17(24)23-7-12(8-23)29-14-2-1-10-3-4-19(27,28)30-16(10)15(14)18(25)26;/h1-2,6,9,12-13,27-28H,3-5,7-8,20H2,(H,21,22)(H,25,26);1H4/q-1;/p-1/t13-;/m0./s1. The quantitative estimate of drug-likeness (QED) is 0.393. The van der Waals surface area contributed by atoms with Gasteiger partial charge in [-0.15, -0.1) is 0 Å². The van der Waals surface area contributed by atoms with Gasteiger partial charge in [0.15, 0.2) is 0 Å². The number of carbonyl (C=O) groups excluding carboxylic acids is 2. The Hall–Kier alpha value is -3.09. The van der Waals surface area contributed by atoms with Gasteiger partial charge in [0.05, 0.1) is 42.7 Å². The van der Waals surface area contributed by atoms with Crippen molar-refractivity contribution in [1.82, 2.24) is 14.9 Å². The van der Waals surface area contributed by atoms with Crippen molar-refractivity contribution in [1.29, 1.82) is 0 Å². The summed E-state index contributed by atoms with van der Waals surface area (Å²) in [5.41, 5.74) is 6.86. The van der Waals surface area contributed by atoms with Crippen molar-refractivity contribution < 1.29 is 34.1 Å². The average molecular weight is 432 g/mol. The number of ether oxygens (including phenoxy) is 1. The zero-order valence-corrected chi connectivity index (χ0v) is 16.0. The normalized spacial score (nSPS) is 18.1. The van der Waals surface area contributed by atoms with Gasteiger partial charge in [-0.25, -0.2) is 4.98 Å². The second-order valence-electron chi connectivity index (χ2n) is 7.60. The Morgan fingerprint density at radius 3 is 2.81 bits per heavy atom. The Kier molecular flexibility index (Phi) is 6.25. The molecule has 1 fully saturated rings. The lowest BCUT2D eigenvalue weighted by Crippen LogP contribution is -2.60. The number of rotatable bonds is 6. The third-order valence-electron chi connectivity index (χ3n) is 5.27. The van der Waals surface area contributed by atoms with E-state index in [4.69, 9.17) is 15.1 Å². The van der Waals surface area contributed by atoms with E-state index in [2.05, 4.69) is 9.97 Å². The van der Waals surface area contributed by atoms with Gasteiger partial charge in [0, 0.05) is 18.3 Å². The van der Waals surface area contributed by atoms with Crippen molar-refractivity contribution in [2.45, 2.75) is 38.7 Å². The molecule has 0 spiro atoms. The van der Waals surface area contributed by atoms with Crippen LogP contribution in [0, 0.1) is 0 Å². The molecule has 2 aromatic rings. The summed E-state index contributed by atoms with van der Waals surface area (Å²) < 4.78 is 10.8. The predicted octanol–water partition coefficient (Wildman–Crippen LogP) is -1.57. The van der Waals surface area contributed by atoms with Gasteiger partial charge in [0.1, 0.15) is 11.9 Å². The number of nitrogens with two attached hydrogens (primary N) is 1. The van der Waals surface area contributed by atoms with Gasteiger partial charge in [0.2, 0.25) is 5.91 Å². The van der Waals surface area contributed by atoms with Crippen molar-refractivity contribution in [3.63, 3.8) is 0 Å². The Labute approximate surface area is 178 Å². The van der Waals surface area contributed by atoms with Crippen molar-refractivity contribution >= 4 is 18.6 Å². The Morgan fingerprint density at radius 2 is 2.16 bits per heavy atom. The number of H-pyrrole nitrogens is 1. The first-order valence-corrected chi connectivity index (χ1v) is 9.58. The van der Waals surface area contributed by atoms with Crippen LogP contribution in [0.1, 0.15) is 29.0 Å². The number of nitrogens with zero attached hydrogens (tertiary/aromatic N) is 2. The number of aromatic carboxylic acids is 1. The van der Waals surface area contributed by atoms with E-state index in [1.807, 2.05) is 0 Å². The smallest absolute Gasteiger partial charge is 0.430 e. The zero-order valence-electron chi connectivity index (χ0n) is 16.0. The molecule has 0 radical (unpaired) electrons. The number of hydrogen-bond donors (Lipinski definition) is 4. The fraction of sp³-hybridized carbons (Fsp3) is 0.421. The molecule has 31 heavy (non-hydrogen) atoms. The first kappa shape index (κ1) is 22.6. The van der Waals surface area contributed by atoms with E-state index < -0.39 is 24.9 Å². The number of amides is 1. The van der Waals surface area contributed by atoms with Crippen molar-refractivity contribution in [3.8, 4) is 11.5 Å². The highest BCUT2D eigenvalue weighted by molar-refractivity contribution is 6.59. The fourth-order valence-corrected chi connectivity index (χ4v) is 3.65. The Morgan fingerprint density at radius 1 is 1.42 bits per heavy atom. The lowest BCUT2D eigenvalue weighted by molar-refractivity contribution is -0.255. The van der Waals surface area contributed by atoms with Crippen LogP contribution in [0.2, 0.25) is 6.32 Å². The van der Waals surface area contributed by atoms with E-state index >= 15 is 0 Å². The molecule has 0 aliphatic carbocycles. The number of likely N-dealkylation sites (tertiary alicyclic amines) is 1. The predicted molar refractivity (Wildman–Crippen MR) is 108 cm³/mol. The van der Waals surface area contributed by atoms with Gasteiger partial charge < -0.3 is 45.0 Å². The number of hydrogen-bond acceptors (Lipinski definition) is 9. The summed E-state index contributed by atoms with van der Waals surface area (Å²) in [7, 11) is 0. The molecule has 168 valence electrons. The molecule has 0 saturated carbocycles. The summed E-state index contributed by atoms with van der Waals surface area (Å²) in [5.74, 6) is -1.96. The van der Waals surface area contributed by atoms with Gasteiger partial charge in [0.25, 0.3) is 0 Å². The lowest BCUT2D eigenvalue weighted by Gasteiger charge is -2.41. The molecular formula is C19H25BN4O7-2. The molecule has 5 N–H and O–H groups in total. The molecule has 4 rings (SSSR count). The van der Waals surface area contributed by atoms with Gasteiger partial charge in [-0.05, 0) is 18.1 Å². The number of nitrogens with one attached hydrogen (secondary N) is 1. The van der Waals surface area contributed by atoms with Crippen LogP contribution >= 0.6 is 0 Å². The van der Waals surface area contributed by atoms with Gasteiger partial charge >= 0.3 is 6.75 Å². The van der Waals surface area contributed by atoms with Crippen LogP contribution in [0.3, 0.4) is 0 Å². The number of carbonyl (C=O) groups is 2. The molecule has 1 aromatic carbocycles. The van der Waals surface area contributed by atoms with E-state index in [9.17, 15) is 24.7 Å². The number of carboxylic acid groups (broad SMARTS) is 1. The summed E-state index contributed by atoms with van der Waals surface area (Å²) in [5, 5.41) is 31.2. The number of aromatic nitrogens is 2. The third-order valence-corrected chi connectivity index (χ3v) is 5.27. The third kappa shape index (κ3) is 4.65. The molecule has 1 saturated heterocycles. The van der Waals surface area contributed by atoms with E-state index in [1.165, 1.54) is 17.3 Å². The first-order valence-electron chi connectivity index (χ1n) is 9.58. The molecule has 1 amide bonds.